The minimum atomic E-state index is -0.480. The van der Waals surface area contributed by atoms with Crippen LogP contribution in [0.2, 0.25) is 0 Å². The van der Waals surface area contributed by atoms with Crippen molar-refractivity contribution < 1.29 is 18.7 Å². The van der Waals surface area contributed by atoms with Crippen LogP contribution >= 0.6 is 11.8 Å². The fraction of sp³-hybridized carbons (Fsp3) is 0.167. The third kappa shape index (κ3) is 3.52. The monoisotopic (exact) mass is 475 g/mol. The van der Waals surface area contributed by atoms with Crippen LogP contribution in [0.1, 0.15) is 22.7 Å². The number of ether oxygens (including phenoxy) is 2. The normalized spacial score (nSPS) is 16.6. The maximum Gasteiger partial charge on any atom is 0.283 e. The van der Waals surface area contributed by atoms with E-state index in [-0.39, 0.29) is 11.4 Å². The number of thioether (sulfide) groups is 1. The molecule has 3 aromatic rings. The van der Waals surface area contributed by atoms with Gasteiger partial charge in [0.25, 0.3) is 5.91 Å². The highest BCUT2D eigenvalue weighted by atomic mass is 32.2. The van der Waals surface area contributed by atoms with Gasteiger partial charge in [-0.25, -0.2) is 0 Å². The highest BCUT2D eigenvalue weighted by Crippen LogP contribution is 2.34. The number of furan rings is 1. The van der Waals surface area contributed by atoms with Gasteiger partial charge in [0.1, 0.15) is 11.5 Å². The number of carbonyl (C=O) groups is 1. The van der Waals surface area contributed by atoms with Crippen LogP contribution in [0.5, 0.6) is 11.5 Å². The van der Waals surface area contributed by atoms with E-state index >= 15 is 0 Å². The molecule has 5 rings (SSSR count). The van der Waals surface area contributed by atoms with E-state index in [1.807, 2.05) is 42.7 Å². The molecular weight excluding hydrogens is 454 g/mol. The predicted molar refractivity (Wildman–Crippen MR) is 131 cm³/mol. The first kappa shape index (κ1) is 21.8. The Labute approximate surface area is 199 Å². The maximum atomic E-state index is 12.8. The van der Waals surface area contributed by atoms with Crippen LogP contribution in [0.25, 0.3) is 11.8 Å². The van der Waals surface area contributed by atoms with E-state index in [4.69, 9.17) is 19.3 Å². The maximum absolute atomic E-state index is 12.8. The summed E-state index contributed by atoms with van der Waals surface area (Å²) in [7, 11) is 3.22. The summed E-state index contributed by atoms with van der Waals surface area (Å²) in [5.41, 5.74) is 3.64. The summed E-state index contributed by atoms with van der Waals surface area (Å²) < 4.78 is 18.3. The van der Waals surface area contributed by atoms with Gasteiger partial charge in [0.05, 0.1) is 31.7 Å². The van der Waals surface area contributed by atoms with Crippen LogP contribution in [0, 0.1) is 19.3 Å². The van der Waals surface area contributed by atoms with Crippen LogP contribution < -0.4 is 9.47 Å². The number of hydrogen-bond acceptors (Lipinski definition) is 7. The molecule has 1 aromatic carbocycles. The largest absolute Gasteiger partial charge is 0.497 e. The number of fused-ring (bicyclic) bond motifs is 1. The minimum Gasteiger partial charge on any atom is -0.497 e. The van der Waals surface area contributed by atoms with E-state index in [2.05, 4.69) is 10.1 Å². The summed E-state index contributed by atoms with van der Waals surface area (Å²) >= 11 is 1.20. The molecule has 1 amide bonds. The molecule has 2 aliphatic rings. The zero-order valence-corrected chi connectivity index (χ0v) is 19.8. The molecule has 0 radical (unpaired) electrons. The molecule has 0 fully saturated rings. The number of amidine groups is 2. The molecule has 34 heavy (non-hydrogen) atoms. The van der Waals surface area contributed by atoms with Crippen molar-refractivity contribution in [1.29, 1.82) is 5.41 Å². The minimum absolute atomic E-state index is 0.0316. The highest BCUT2D eigenvalue weighted by Gasteiger charge is 2.37. The summed E-state index contributed by atoms with van der Waals surface area (Å²) in [6.07, 6.45) is 3.23. The van der Waals surface area contributed by atoms with Crippen molar-refractivity contribution >= 4 is 39.8 Å². The molecule has 1 N–H and O–H groups in total. The zero-order valence-electron chi connectivity index (χ0n) is 18.9. The Hall–Kier alpha value is -4.05. The number of hydrazone groups is 1. The number of aliphatic imine (C=N–C) groups is 1. The number of carbonyl (C=O) groups excluding carboxylic acids is 1. The SMILES string of the molecule is COc1ccc(-n2c(C)cc(/C=C3\C(=N)N4N=C(c5ccco5)SC4=NC3=O)c2C)c(OC)c1. The molecule has 10 heteroatoms. The van der Waals surface area contributed by atoms with Crippen molar-refractivity contribution in [3.8, 4) is 17.2 Å². The molecule has 0 spiro atoms. The molecule has 0 atom stereocenters. The third-order valence-electron chi connectivity index (χ3n) is 5.58. The molecule has 2 aliphatic heterocycles. The molecule has 0 saturated heterocycles. The lowest BCUT2D eigenvalue weighted by molar-refractivity contribution is -0.114. The second-order valence-electron chi connectivity index (χ2n) is 7.60. The Kier molecular flexibility index (Phi) is 5.37. The summed E-state index contributed by atoms with van der Waals surface area (Å²) in [6, 6.07) is 11.1. The molecule has 172 valence electrons. The van der Waals surface area contributed by atoms with Crippen LogP contribution in [0.15, 0.2) is 62.7 Å². The predicted octanol–water partition coefficient (Wildman–Crippen LogP) is 4.37. The second kappa shape index (κ2) is 8.38. The lowest BCUT2D eigenvalue weighted by atomic mass is 10.1. The molecule has 9 nitrogen and oxygen atoms in total. The topological polar surface area (TPSA) is 105 Å². The molecule has 2 aromatic heterocycles. The first-order valence-electron chi connectivity index (χ1n) is 10.4. The van der Waals surface area contributed by atoms with Crippen molar-refractivity contribution in [1.82, 2.24) is 9.58 Å². The fourth-order valence-corrected chi connectivity index (χ4v) is 4.78. The van der Waals surface area contributed by atoms with Crippen LogP contribution in [-0.4, -0.2) is 45.7 Å². The van der Waals surface area contributed by atoms with E-state index in [0.717, 1.165) is 22.6 Å². The van der Waals surface area contributed by atoms with Gasteiger partial charge in [-0.05, 0) is 67.6 Å². The Bertz CT molecular complexity index is 1420. The summed E-state index contributed by atoms with van der Waals surface area (Å²) in [5, 5.41) is 15.3. The molecule has 0 bridgehead atoms. The van der Waals surface area contributed by atoms with Crippen molar-refractivity contribution in [2.24, 2.45) is 10.1 Å². The average Bonchev–Trinajstić information content (AvgIpc) is 3.56. The van der Waals surface area contributed by atoms with Crippen LogP contribution in [0.4, 0.5) is 0 Å². The van der Waals surface area contributed by atoms with E-state index in [1.54, 1.807) is 38.7 Å². The number of nitrogens with zero attached hydrogens (tertiary/aromatic N) is 4. The number of nitrogens with one attached hydrogen (secondary N) is 1. The molecule has 4 heterocycles. The number of amides is 1. The summed E-state index contributed by atoms with van der Waals surface area (Å²) in [6.45, 7) is 3.92. The summed E-state index contributed by atoms with van der Waals surface area (Å²) in [4.78, 5) is 17.0. The van der Waals surface area contributed by atoms with Crippen molar-refractivity contribution in [3.05, 3.63) is 70.9 Å². The van der Waals surface area contributed by atoms with Gasteiger partial charge in [-0.15, -0.1) is 0 Å². The van der Waals surface area contributed by atoms with Gasteiger partial charge in [-0.1, -0.05) is 0 Å². The van der Waals surface area contributed by atoms with Gasteiger partial charge in [0, 0.05) is 17.5 Å². The first-order chi connectivity index (χ1) is 16.4. The Balaban J connectivity index is 1.53. The number of benzene rings is 1. The quantitative estimate of drug-likeness (QED) is 0.550. The van der Waals surface area contributed by atoms with Gasteiger partial charge in [0.2, 0.25) is 5.17 Å². The highest BCUT2D eigenvalue weighted by molar-refractivity contribution is 8.27. The first-order valence-corrected chi connectivity index (χ1v) is 11.2. The van der Waals surface area contributed by atoms with Crippen LogP contribution in [0.3, 0.4) is 0 Å². The molecule has 0 unspecified atom stereocenters. The van der Waals surface area contributed by atoms with Gasteiger partial charge >= 0.3 is 0 Å². The van der Waals surface area contributed by atoms with Gasteiger partial charge in [0.15, 0.2) is 16.6 Å². The number of rotatable bonds is 5. The lowest BCUT2D eigenvalue weighted by Crippen LogP contribution is -2.35. The Morgan fingerprint density at radius 3 is 2.68 bits per heavy atom. The second-order valence-corrected chi connectivity index (χ2v) is 8.56. The molecule has 0 aliphatic carbocycles. The van der Waals surface area contributed by atoms with Crippen molar-refractivity contribution in [2.45, 2.75) is 13.8 Å². The molecule has 0 saturated carbocycles. The van der Waals surface area contributed by atoms with Crippen LogP contribution in [-0.2, 0) is 4.79 Å². The van der Waals surface area contributed by atoms with Gasteiger partial charge in [-0.3, -0.25) is 10.2 Å². The fourth-order valence-electron chi connectivity index (χ4n) is 3.92. The smallest absolute Gasteiger partial charge is 0.283 e. The van der Waals surface area contributed by atoms with Crippen molar-refractivity contribution in [2.75, 3.05) is 14.2 Å². The third-order valence-corrected chi connectivity index (χ3v) is 6.51. The summed E-state index contributed by atoms with van der Waals surface area (Å²) in [5.74, 6) is 1.40. The Morgan fingerprint density at radius 1 is 1.15 bits per heavy atom. The van der Waals surface area contributed by atoms with E-state index in [9.17, 15) is 4.79 Å². The molecular formula is C24H21N5O4S. The van der Waals surface area contributed by atoms with E-state index < -0.39 is 5.91 Å². The standard InChI is InChI=1S/C24H21N5O4S/c1-13-10-15(14(2)28(13)18-8-7-16(31-3)12-20(18)32-4)11-17-21(25)29-24(26-22(17)30)34-23(27-29)19-6-5-9-33-19/h5-12,25H,1-4H3/b17-11+,25-21?. The lowest BCUT2D eigenvalue weighted by Gasteiger charge is -2.20. The number of hydrogen-bond donors (Lipinski definition) is 1. The zero-order chi connectivity index (χ0) is 24.0. The van der Waals surface area contributed by atoms with Gasteiger partial charge in [-0.2, -0.15) is 15.1 Å². The van der Waals surface area contributed by atoms with Gasteiger partial charge < -0.3 is 18.5 Å². The Morgan fingerprint density at radius 2 is 1.97 bits per heavy atom. The van der Waals surface area contributed by atoms with E-state index in [1.165, 1.54) is 16.8 Å². The average molecular weight is 476 g/mol. The number of aryl methyl sites for hydroxylation is 1. The van der Waals surface area contributed by atoms with E-state index in [0.29, 0.717) is 27.5 Å². The number of methoxy groups -OCH3 is 2. The number of aromatic nitrogens is 1. The van der Waals surface area contributed by atoms with Crippen molar-refractivity contribution in [3.63, 3.8) is 0 Å².